The average molecular weight is 1960 g/mol. The number of carbonyl (C=O) groups excluding carboxylic acids is 7. The topological polar surface area (TPSA) is 407 Å². The molecule has 802 valence electrons. The Bertz CT molecular complexity index is 3560. The third-order valence-electron chi connectivity index (χ3n) is 34.9. The van der Waals surface area contributed by atoms with Gasteiger partial charge in [-0.25, -0.2) is 0 Å². The molecule has 13 saturated carbocycles. The lowest BCUT2D eigenvalue weighted by Gasteiger charge is -2.66. The van der Waals surface area contributed by atoms with Crippen molar-refractivity contribution in [1.82, 2.24) is 0 Å². The van der Waals surface area contributed by atoms with Gasteiger partial charge in [-0.2, -0.15) is 13.2 Å². The van der Waals surface area contributed by atoms with Gasteiger partial charge in [-0.05, 0) is 409 Å². The zero-order chi connectivity index (χ0) is 104. The number of ether oxygens (including phenoxy) is 7. The van der Waals surface area contributed by atoms with E-state index in [-0.39, 0.29) is 164 Å². The summed E-state index contributed by atoms with van der Waals surface area (Å²) in [6, 6.07) is 0. The number of alkyl halides is 3. The minimum atomic E-state index is -4.61. The third kappa shape index (κ3) is 34.7. The Morgan fingerprint density at radius 1 is 0.380 bits per heavy atom. The summed E-state index contributed by atoms with van der Waals surface area (Å²) in [6.07, 6.45) is 28.8. The first-order chi connectivity index (χ1) is 63.6. The van der Waals surface area contributed by atoms with Crippen LogP contribution in [0.4, 0.5) is 13.2 Å². The van der Waals surface area contributed by atoms with Crippen molar-refractivity contribution in [3.05, 3.63) is 0 Å². The van der Waals surface area contributed by atoms with Crippen molar-refractivity contribution in [3.63, 3.8) is 0 Å². The van der Waals surface area contributed by atoms with E-state index in [1.807, 2.05) is 118 Å². The van der Waals surface area contributed by atoms with E-state index in [0.717, 1.165) is 216 Å². The zero-order valence-electron chi connectivity index (χ0n) is 89.6. The Labute approximate surface area is 822 Å². The second-order valence-electron chi connectivity index (χ2n) is 48.8. The second kappa shape index (κ2) is 53.1. The van der Waals surface area contributed by atoms with Gasteiger partial charge in [-0.15, -0.1) is 0 Å². The van der Waals surface area contributed by atoms with E-state index in [9.17, 15) is 82.5 Å². The van der Waals surface area contributed by atoms with Crippen LogP contribution in [0.15, 0.2) is 0 Å². The van der Waals surface area contributed by atoms with Crippen LogP contribution in [0, 0.1) is 119 Å². The highest BCUT2D eigenvalue weighted by molar-refractivity contribution is 5.79. The largest absolute Gasteiger partial charge is 0.465 e. The lowest BCUT2D eigenvalue weighted by molar-refractivity contribution is -0.259. The molecule has 13 fully saturated rings. The molecule has 0 spiro atoms. The number of aliphatic hydroxyl groups is 11. The second-order valence-corrected chi connectivity index (χ2v) is 48.8. The fraction of sp³-hybridized carbons (Fsp3) is 0.936. The van der Waals surface area contributed by atoms with Crippen molar-refractivity contribution in [2.24, 2.45) is 119 Å². The number of hydrogen-bond donors (Lipinski definition) is 11. The van der Waals surface area contributed by atoms with E-state index in [1.54, 1.807) is 27.7 Å². The molecule has 0 aliphatic heterocycles. The van der Waals surface area contributed by atoms with Crippen molar-refractivity contribution in [2.45, 2.75) is 451 Å². The van der Waals surface area contributed by atoms with E-state index in [4.69, 9.17) is 48.8 Å². The molecule has 28 heteroatoms. The molecule has 0 radical (unpaired) electrons. The molecule has 137 heavy (non-hydrogen) atoms. The Hall–Kier alpha value is -4.36. The van der Waals surface area contributed by atoms with Crippen molar-refractivity contribution in [1.29, 1.82) is 0 Å². The molecule has 0 heterocycles. The smallest absolute Gasteiger partial charge is 0.416 e. The maximum Gasteiger partial charge on any atom is 0.416 e. The van der Waals surface area contributed by atoms with Crippen molar-refractivity contribution in [2.75, 3.05) is 79.3 Å². The standard InChI is InChI=1S/C20H34O4.C18H30O4.C17H27F3O3.C14H28O3.C12H22O3.C11H20O.C9H18O3.C8H16O4/c1-4-17(2,3)16(23)24-20-11-15-9-18(13-20,5-7-21)12-19(10-15,14-20)6-8-22;1-4-15(2,3)14(21)22-18-7-13-5-16(9-18,11-19)8-17(6-13,10-18)12-20;1-5-15(2,3)14(21)23-13-8-10-6-11(13)7-12(10)9-16(4,22)17(18,19)20;1-6-13(2,3)12(15)17-11-9-7-8-10-14(4,5)16;1-3-12(2,9-13)11(14)15-10-7-5-4-6-8-10;1-7-8(2)11-6-10(7)5-9(11)3-4-12;1-4-6-12-8(11)9(3,5-2)7-10;1-3-8(2,6-10)7(11)12-5-4-9/h15,21-22H,4-14H2,1-3H3;13,19-20H,4-12H2,1-3H3;10-13,22H,5-9H2,1-4H3;16H,6-11H2,1-5H3;10,13H,3-9H2,1-2H3;7-12H,3-6H2,1-2H3;10H,4-7H2,1-3H3;9-10H,3-6H2,1-2H3. The lowest BCUT2D eigenvalue weighted by Crippen LogP contribution is -2.63. The van der Waals surface area contributed by atoms with Gasteiger partial charge in [0, 0.05) is 33.0 Å². The lowest BCUT2D eigenvalue weighted by atomic mass is 9.41. The Kier molecular flexibility index (Phi) is 48.4. The fourth-order valence-corrected chi connectivity index (χ4v) is 23.9. The number of aliphatic hydroxyl groups excluding tert-OH is 9. The summed E-state index contributed by atoms with van der Waals surface area (Å²) >= 11 is 0. The minimum absolute atomic E-state index is 0.00553. The summed E-state index contributed by atoms with van der Waals surface area (Å²) in [4.78, 5) is 83.5. The van der Waals surface area contributed by atoms with Crippen molar-refractivity contribution in [3.8, 4) is 0 Å². The first kappa shape index (κ1) is 125. The molecular weight excluding hydrogens is 1770 g/mol. The van der Waals surface area contributed by atoms with Gasteiger partial charge in [-0.1, -0.05) is 82.1 Å². The molecule has 17 unspecified atom stereocenters. The van der Waals surface area contributed by atoms with E-state index >= 15 is 0 Å². The van der Waals surface area contributed by atoms with Crippen molar-refractivity contribution < 1.29 is 136 Å². The quantitative estimate of drug-likeness (QED) is 0.0154. The zero-order valence-corrected chi connectivity index (χ0v) is 89.6. The third-order valence-corrected chi connectivity index (χ3v) is 34.9. The van der Waals surface area contributed by atoms with Crippen LogP contribution in [0.3, 0.4) is 0 Å². The number of unbranched alkanes of at least 4 members (excludes halogenated alkanes) is 2. The summed E-state index contributed by atoms with van der Waals surface area (Å²) < 4.78 is 76.8. The molecule has 17 atom stereocenters. The molecule has 0 aromatic rings. The van der Waals surface area contributed by atoms with Gasteiger partial charge in [0.2, 0.25) is 0 Å². The van der Waals surface area contributed by atoms with Crippen LogP contribution in [-0.2, 0) is 66.7 Å². The van der Waals surface area contributed by atoms with Gasteiger partial charge in [0.25, 0.3) is 0 Å². The molecule has 0 amide bonds. The summed E-state index contributed by atoms with van der Waals surface area (Å²) in [7, 11) is 0. The highest BCUT2D eigenvalue weighted by atomic mass is 19.4. The van der Waals surface area contributed by atoms with E-state index in [2.05, 4.69) is 18.6 Å². The number of carbonyl (C=O) groups is 7. The molecule has 13 rings (SSSR count). The number of halogens is 3. The molecule has 0 saturated heterocycles. The highest BCUT2D eigenvalue weighted by Gasteiger charge is 2.67. The Balaban J connectivity index is 0.000000332. The van der Waals surface area contributed by atoms with E-state index in [0.29, 0.717) is 70.2 Å². The summed E-state index contributed by atoms with van der Waals surface area (Å²) in [6.45, 7) is 46.4. The SMILES string of the molecule is CC1C2CC(CCO)C(C2)C1C.CCC(C)(C)C(=O)OC12CC3CC(CCO)(CC(CCO)(C3)C1)C2.CCC(C)(C)C(=O)OC12CC3CC(CO)(CC(CO)(C3)C1)C2.CCC(C)(C)C(=O)OC1CC2CC1CC2CC(C)(O)C(F)(F)F.CCC(C)(C)C(=O)OCCCCCC(C)(C)O.CCC(C)(CO)C(=O)OC1CCCCC1.CCC(C)(CO)C(=O)OCCO.CCCOC(=O)C(C)(CC)CO. The predicted octanol–water partition coefficient (Wildman–Crippen LogP) is 19.3. The van der Waals surface area contributed by atoms with Gasteiger partial charge in [0.05, 0.1) is 83.1 Å². The first-order valence-corrected chi connectivity index (χ1v) is 53.0. The monoisotopic (exact) mass is 1960 g/mol. The van der Waals surface area contributed by atoms with Crippen LogP contribution >= 0.6 is 0 Å². The maximum absolute atomic E-state index is 12.8. The molecular formula is C109H195F3O25. The Morgan fingerprint density at radius 2 is 0.796 bits per heavy atom. The molecule has 12 bridgehead atoms. The van der Waals surface area contributed by atoms with E-state index in [1.165, 1.54) is 19.3 Å². The fourth-order valence-electron chi connectivity index (χ4n) is 23.9. The molecule has 0 aromatic heterocycles. The molecule has 13 aliphatic rings. The van der Waals surface area contributed by atoms with E-state index < -0.39 is 61.4 Å². The van der Waals surface area contributed by atoms with Gasteiger partial charge in [-0.3, -0.25) is 33.6 Å². The summed E-state index contributed by atoms with van der Waals surface area (Å²) in [5.41, 5.74) is -8.23. The van der Waals surface area contributed by atoms with Gasteiger partial charge >= 0.3 is 48.0 Å². The average Bonchev–Trinajstić information content (AvgIpc) is 1.49. The van der Waals surface area contributed by atoms with Gasteiger partial charge < -0.3 is 89.3 Å². The summed E-state index contributed by atoms with van der Waals surface area (Å²) in [5.74, 6) is 4.24. The van der Waals surface area contributed by atoms with Crippen LogP contribution < -0.4 is 0 Å². The molecule has 13 aliphatic carbocycles. The van der Waals surface area contributed by atoms with Gasteiger partial charge in [0.15, 0.2) is 5.60 Å². The first-order valence-electron chi connectivity index (χ1n) is 53.0. The van der Waals surface area contributed by atoms with Crippen LogP contribution in [0.1, 0.15) is 410 Å². The minimum Gasteiger partial charge on any atom is -0.465 e. The Morgan fingerprint density at radius 3 is 1.18 bits per heavy atom. The normalized spacial score (nSPS) is 30.9. The van der Waals surface area contributed by atoms with Crippen molar-refractivity contribution >= 4 is 41.8 Å². The van der Waals surface area contributed by atoms with Crippen LogP contribution in [-0.4, -0.2) is 218 Å². The predicted molar refractivity (Wildman–Crippen MR) is 523 cm³/mol. The molecule has 25 nitrogen and oxygen atoms in total. The number of hydrogen-bond acceptors (Lipinski definition) is 25. The van der Waals surface area contributed by atoms with Crippen LogP contribution in [0.5, 0.6) is 0 Å². The highest BCUT2D eigenvalue weighted by Crippen LogP contribution is 2.71. The number of fused-ring (bicyclic) bond motifs is 4. The molecule has 0 aromatic carbocycles. The number of rotatable bonds is 41. The van der Waals surface area contributed by atoms with Crippen LogP contribution in [0.2, 0.25) is 0 Å². The summed E-state index contributed by atoms with van der Waals surface area (Å²) in [5, 5.41) is 103. The number of esters is 7. The van der Waals surface area contributed by atoms with Crippen LogP contribution in [0.25, 0.3) is 0 Å². The molecule has 11 N–H and O–H groups in total. The maximum atomic E-state index is 12.8. The van der Waals surface area contributed by atoms with Gasteiger partial charge in [0.1, 0.15) is 30.0 Å².